The van der Waals surface area contributed by atoms with Crippen molar-refractivity contribution in [1.82, 2.24) is 0 Å². The molecule has 4 nitrogen and oxygen atoms in total. The predicted molar refractivity (Wildman–Crippen MR) is 86.7 cm³/mol. The quantitative estimate of drug-likeness (QED) is 0.750. The molecule has 0 amide bonds. The minimum absolute atomic E-state index is 0.111. The van der Waals surface area contributed by atoms with Crippen LogP contribution in [0.3, 0.4) is 0 Å². The molecule has 0 radical (unpaired) electrons. The molecule has 23 heavy (non-hydrogen) atoms. The molecule has 5 rings (SSSR count). The summed E-state index contributed by atoms with van der Waals surface area (Å²) < 4.78 is 0. The lowest BCUT2D eigenvalue weighted by Gasteiger charge is -2.62. The zero-order valence-corrected chi connectivity index (χ0v) is 14.8. The third-order valence-electron chi connectivity index (χ3n) is 7.17. The molecule has 3 N–H and O–H groups in total. The first-order valence-corrected chi connectivity index (χ1v) is 9.11. The number of hydrogen-bond acceptors (Lipinski definition) is 1. The average molecular weight is 316 g/mol. The van der Waals surface area contributed by atoms with Gasteiger partial charge in [-0.1, -0.05) is 27.7 Å². The molecular weight excluding hydrogens is 286 g/mol. The summed E-state index contributed by atoms with van der Waals surface area (Å²) in [6.07, 6.45) is 4.61. The van der Waals surface area contributed by atoms with Gasteiger partial charge in [0.25, 0.3) is 0 Å². The smallest absolute Gasteiger partial charge is 0.246 e. The molecule has 0 aliphatic carbocycles. The van der Waals surface area contributed by atoms with E-state index in [2.05, 4.69) is 51.0 Å². The lowest BCUT2D eigenvalue weighted by molar-refractivity contribution is -1.18. The first-order valence-electron chi connectivity index (χ1n) is 9.11. The van der Waals surface area contributed by atoms with Gasteiger partial charge in [0.2, 0.25) is 6.17 Å². The lowest BCUT2D eigenvalue weighted by Crippen LogP contribution is -3.41. The topological polar surface area (TPSA) is 40.1 Å². The Labute approximate surface area is 138 Å². The van der Waals surface area contributed by atoms with Crippen LogP contribution in [0.1, 0.15) is 39.4 Å². The highest BCUT2D eigenvalue weighted by molar-refractivity contribution is 5.92. The van der Waals surface area contributed by atoms with Crippen LogP contribution >= 0.6 is 0 Å². The maximum Gasteiger partial charge on any atom is 0.246 e. The minimum Gasteiger partial charge on any atom is -0.297 e. The van der Waals surface area contributed by atoms with E-state index in [1.165, 1.54) is 5.56 Å². The Balaban J connectivity index is 1.80. The van der Waals surface area contributed by atoms with Gasteiger partial charge < -0.3 is 0 Å². The molecule has 4 aliphatic rings. The molecule has 4 saturated heterocycles. The lowest BCUT2D eigenvalue weighted by atomic mass is 9.53. The van der Waals surface area contributed by atoms with Crippen LogP contribution in [-0.4, -0.2) is 32.0 Å². The first kappa shape index (κ1) is 15.3. The third kappa shape index (κ3) is 1.85. The SMILES string of the molecule is CC(C)C12C[NH+]3CC(C(C)C)(C[NH+](C1)C3c1ccc[nH+]c1)C2=O. The molecule has 124 valence electrons. The molecule has 4 fully saturated rings. The van der Waals surface area contributed by atoms with E-state index in [0.717, 1.165) is 26.2 Å². The number of carbonyl (C=O) groups is 1. The summed E-state index contributed by atoms with van der Waals surface area (Å²) in [5.74, 6) is 1.45. The number of carbonyl (C=O) groups excluding carboxylic acids is 1. The molecule has 4 heteroatoms. The zero-order valence-electron chi connectivity index (χ0n) is 14.8. The Hall–Kier alpha value is -1.26. The molecule has 4 aliphatic heterocycles. The average Bonchev–Trinajstić information content (AvgIpc) is 2.51. The largest absolute Gasteiger partial charge is 0.297 e. The van der Waals surface area contributed by atoms with Crippen molar-refractivity contribution in [3.8, 4) is 0 Å². The molecule has 5 heterocycles. The summed E-state index contributed by atoms with van der Waals surface area (Å²) in [7, 11) is 0. The van der Waals surface area contributed by atoms with E-state index in [9.17, 15) is 4.79 Å². The number of Topliss-reactive ketones (excluding diaryl/α,β-unsaturated/α-hetero) is 1. The van der Waals surface area contributed by atoms with Crippen molar-refractivity contribution in [3.63, 3.8) is 0 Å². The number of aromatic amines is 1. The molecule has 0 saturated carbocycles. The van der Waals surface area contributed by atoms with E-state index in [1.807, 2.05) is 6.20 Å². The van der Waals surface area contributed by atoms with Gasteiger partial charge >= 0.3 is 0 Å². The van der Waals surface area contributed by atoms with Gasteiger partial charge in [0.1, 0.15) is 42.6 Å². The van der Waals surface area contributed by atoms with Gasteiger partial charge in [-0.15, -0.1) is 0 Å². The molecule has 0 spiro atoms. The number of hydrogen-bond donors (Lipinski definition) is 2. The maximum absolute atomic E-state index is 13.5. The fourth-order valence-electron chi connectivity index (χ4n) is 5.78. The Morgan fingerprint density at radius 1 is 1.04 bits per heavy atom. The van der Waals surface area contributed by atoms with Crippen molar-refractivity contribution in [1.29, 1.82) is 0 Å². The number of pyridine rings is 1. The second kappa shape index (κ2) is 4.87. The van der Waals surface area contributed by atoms with Crippen LogP contribution in [-0.2, 0) is 4.79 Å². The van der Waals surface area contributed by atoms with Gasteiger partial charge in [-0.2, -0.15) is 0 Å². The molecule has 0 aromatic carbocycles. The maximum atomic E-state index is 13.5. The highest BCUT2D eigenvalue weighted by atomic mass is 16.1. The number of ketones is 1. The highest BCUT2D eigenvalue weighted by Gasteiger charge is 2.73. The van der Waals surface area contributed by atoms with Crippen molar-refractivity contribution < 1.29 is 19.6 Å². The van der Waals surface area contributed by atoms with E-state index in [1.54, 1.807) is 9.80 Å². The summed E-state index contributed by atoms with van der Waals surface area (Å²) in [4.78, 5) is 20.0. The molecule has 0 unspecified atom stereocenters. The molecule has 0 atom stereocenters. The van der Waals surface area contributed by atoms with Crippen LogP contribution in [0, 0.1) is 22.7 Å². The number of aromatic nitrogens is 1. The van der Waals surface area contributed by atoms with Gasteiger partial charge in [-0.3, -0.25) is 14.6 Å². The molecule has 1 aromatic heterocycles. The van der Waals surface area contributed by atoms with Crippen LogP contribution in [0.4, 0.5) is 0 Å². The van der Waals surface area contributed by atoms with Crippen LogP contribution in [0.15, 0.2) is 24.5 Å². The van der Waals surface area contributed by atoms with Gasteiger partial charge in [0.15, 0.2) is 18.2 Å². The monoisotopic (exact) mass is 316 g/mol. The Kier molecular flexibility index (Phi) is 3.23. The van der Waals surface area contributed by atoms with Crippen LogP contribution < -0.4 is 14.8 Å². The summed E-state index contributed by atoms with van der Waals surface area (Å²) >= 11 is 0. The predicted octanol–water partition coefficient (Wildman–Crippen LogP) is -0.836. The van der Waals surface area contributed by atoms with Crippen LogP contribution in [0.5, 0.6) is 0 Å². The summed E-state index contributed by atoms with van der Waals surface area (Å²) in [6, 6.07) is 4.35. The number of rotatable bonds is 3. The zero-order chi connectivity index (χ0) is 16.4. The summed E-state index contributed by atoms with van der Waals surface area (Å²) in [5.41, 5.74) is 1.17. The standard InChI is InChI=1S/C19H27N3O/c1-13(2)18-9-21-11-19(14(3)4,17(18)23)12-22(10-18)16(21)15-6-5-7-20-8-15/h5-8,13-14,16H,9-12H2,1-4H3/p+3. The van der Waals surface area contributed by atoms with Crippen molar-refractivity contribution >= 4 is 5.78 Å². The fourth-order valence-corrected chi connectivity index (χ4v) is 5.78. The van der Waals surface area contributed by atoms with Crippen molar-refractivity contribution in [3.05, 3.63) is 30.1 Å². The number of quaternary nitrogens is 2. The Bertz CT molecular complexity index is 579. The van der Waals surface area contributed by atoms with Crippen molar-refractivity contribution in [2.75, 3.05) is 26.2 Å². The Morgan fingerprint density at radius 3 is 1.96 bits per heavy atom. The summed E-state index contributed by atoms with van der Waals surface area (Å²) in [5, 5.41) is 0. The second-order valence-electron chi connectivity index (χ2n) is 8.74. The van der Waals surface area contributed by atoms with Crippen molar-refractivity contribution in [2.24, 2.45) is 22.7 Å². The second-order valence-corrected chi connectivity index (χ2v) is 8.74. The Morgan fingerprint density at radius 2 is 1.57 bits per heavy atom. The van der Waals surface area contributed by atoms with Crippen molar-refractivity contribution in [2.45, 2.75) is 33.9 Å². The van der Waals surface area contributed by atoms with Crippen LogP contribution in [0.25, 0.3) is 0 Å². The number of H-pyrrole nitrogens is 1. The number of nitrogens with one attached hydrogen (secondary N) is 3. The first-order chi connectivity index (χ1) is 10.9. The van der Waals surface area contributed by atoms with E-state index < -0.39 is 0 Å². The third-order valence-corrected chi connectivity index (χ3v) is 7.17. The molecule has 4 bridgehead atoms. The van der Waals surface area contributed by atoms with E-state index in [-0.39, 0.29) is 10.8 Å². The molecule has 1 aromatic rings. The fraction of sp³-hybridized carbons (Fsp3) is 0.684. The van der Waals surface area contributed by atoms with E-state index in [4.69, 9.17) is 0 Å². The van der Waals surface area contributed by atoms with Gasteiger partial charge in [-0.05, 0) is 17.9 Å². The summed E-state index contributed by atoms with van der Waals surface area (Å²) in [6.45, 7) is 13.1. The van der Waals surface area contributed by atoms with Gasteiger partial charge in [-0.25, -0.2) is 4.98 Å². The van der Waals surface area contributed by atoms with Gasteiger partial charge in [0, 0.05) is 6.07 Å². The van der Waals surface area contributed by atoms with Gasteiger partial charge in [0.05, 0.1) is 0 Å². The van der Waals surface area contributed by atoms with E-state index in [0.29, 0.717) is 23.8 Å². The number of piperidine rings is 2. The normalized spacial score (nSPS) is 42.0. The minimum atomic E-state index is -0.111. The molecular formula is C19H30N3O+3. The van der Waals surface area contributed by atoms with Crippen LogP contribution in [0.2, 0.25) is 0 Å². The van der Waals surface area contributed by atoms with E-state index >= 15 is 0 Å². The highest BCUT2D eigenvalue weighted by Crippen LogP contribution is 2.44.